The molecule has 1 aliphatic heterocycles. The SMILES string of the molecule is COc1ccc(Cc2nn3c(CN4CCCCC4)nnc3s2)cc1. The Morgan fingerprint density at radius 2 is 1.88 bits per heavy atom. The first-order chi connectivity index (χ1) is 11.8. The smallest absolute Gasteiger partial charge is 0.234 e. The average molecular weight is 343 g/mol. The van der Waals surface area contributed by atoms with E-state index < -0.39 is 0 Å². The fraction of sp³-hybridized carbons (Fsp3) is 0.471. The van der Waals surface area contributed by atoms with Crippen molar-refractivity contribution in [3.63, 3.8) is 0 Å². The molecular weight excluding hydrogens is 322 g/mol. The highest BCUT2D eigenvalue weighted by molar-refractivity contribution is 7.16. The second kappa shape index (κ2) is 6.86. The third kappa shape index (κ3) is 3.27. The highest BCUT2D eigenvalue weighted by atomic mass is 32.1. The third-order valence-corrected chi connectivity index (χ3v) is 5.32. The van der Waals surface area contributed by atoms with E-state index in [0.29, 0.717) is 0 Å². The topological polar surface area (TPSA) is 55.6 Å². The number of hydrogen-bond acceptors (Lipinski definition) is 6. The molecule has 0 aliphatic carbocycles. The molecule has 0 radical (unpaired) electrons. The van der Waals surface area contributed by atoms with Crippen LogP contribution in [0.5, 0.6) is 5.75 Å². The van der Waals surface area contributed by atoms with Crippen molar-refractivity contribution in [1.82, 2.24) is 24.7 Å². The van der Waals surface area contributed by atoms with E-state index in [9.17, 15) is 0 Å². The van der Waals surface area contributed by atoms with Gasteiger partial charge in [0.25, 0.3) is 0 Å². The van der Waals surface area contributed by atoms with Gasteiger partial charge in [0.2, 0.25) is 4.96 Å². The Hall–Kier alpha value is -1.99. The standard InChI is InChI=1S/C17H21N5OS/c1-23-14-7-5-13(6-8-14)11-16-20-22-15(18-19-17(22)24-16)12-21-9-3-2-4-10-21/h5-8H,2-4,9-12H2,1H3. The number of nitrogens with zero attached hydrogens (tertiary/aromatic N) is 5. The van der Waals surface area contributed by atoms with Gasteiger partial charge in [0.15, 0.2) is 5.82 Å². The first kappa shape index (κ1) is 15.5. The van der Waals surface area contributed by atoms with Crippen LogP contribution in [0.3, 0.4) is 0 Å². The molecule has 7 heteroatoms. The van der Waals surface area contributed by atoms with Gasteiger partial charge >= 0.3 is 0 Å². The lowest BCUT2D eigenvalue weighted by Crippen LogP contribution is -2.30. The molecule has 0 amide bonds. The van der Waals surface area contributed by atoms with Gasteiger partial charge in [-0.1, -0.05) is 29.9 Å². The number of rotatable bonds is 5. The van der Waals surface area contributed by atoms with Crippen LogP contribution >= 0.6 is 11.3 Å². The fourth-order valence-corrected chi connectivity index (χ4v) is 3.99. The lowest BCUT2D eigenvalue weighted by atomic mass is 10.1. The van der Waals surface area contributed by atoms with E-state index in [1.807, 2.05) is 16.6 Å². The van der Waals surface area contributed by atoms with Gasteiger partial charge in [0.05, 0.1) is 13.7 Å². The summed E-state index contributed by atoms with van der Waals surface area (Å²) < 4.78 is 7.12. The van der Waals surface area contributed by atoms with Gasteiger partial charge in [-0.2, -0.15) is 9.61 Å². The van der Waals surface area contributed by atoms with Crippen LogP contribution in [0.1, 0.15) is 35.7 Å². The molecular formula is C17H21N5OS. The van der Waals surface area contributed by atoms with Gasteiger partial charge in [-0.3, -0.25) is 4.90 Å². The summed E-state index contributed by atoms with van der Waals surface area (Å²) in [4.78, 5) is 3.33. The van der Waals surface area contributed by atoms with Gasteiger partial charge in [-0.15, -0.1) is 10.2 Å². The molecule has 3 heterocycles. The van der Waals surface area contributed by atoms with Crippen molar-refractivity contribution in [2.45, 2.75) is 32.2 Å². The predicted octanol–water partition coefficient (Wildman–Crippen LogP) is 2.77. The van der Waals surface area contributed by atoms with Crippen molar-refractivity contribution < 1.29 is 4.74 Å². The van der Waals surface area contributed by atoms with Crippen LogP contribution in [0, 0.1) is 0 Å². The summed E-state index contributed by atoms with van der Waals surface area (Å²) in [6, 6.07) is 8.13. The zero-order valence-corrected chi connectivity index (χ0v) is 14.6. The normalized spacial score (nSPS) is 15.9. The van der Waals surface area contributed by atoms with E-state index in [0.717, 1.165) is 47.6 Å². The van der Waals surface area contributed by atoms with E-state index in [2.05, 4.69) is 27.2 Å². The monoisotopic (exact) mass is 343 g/mol. The minimum Gasteiger partial charge on any atom is -0.497 e. The number of fused-ring (bicyclic) bond motifs is 1. The Bertz CT molecular complexity index is 804. The molecule has 4 rings (SSSR count). The number of hydrogen-bond donors (Lipinski definition) is 0. The summed E-state index contributed by atoms with van der Waals surface area (Å²) in [6.07, 6.45) is 4.71. The third-order valence-electron chi connectivity index (χ3n) is 4.43. The zero-order valence-electron chi connectivity index (χ0n) is 13.8. The number of likely N-dealkylation sites (tertiary alicyclic amines) is 1. The van der Waals surface area contributed by atoms with Gasteiger partial charge in [0.1, 0.15) is 10.8 Å². The Morgan fingerprint density at radius 1 is 1.08 bits per heavy atom. The predicted molar refractivity (Wildman–Crippen MR) is 93.6 cm³/mol. The van der Waals surface area contributed by atoms with Crippen molar-refractivity contribution in [2.24, 2.45) is 0 Å². The Morgan fingerprint density at radius 3 is 2.62 bits per heavy atom. The fourth-order valence-electron chi connectivity index (χ4n) is 3.10. The summed E-state index contributed by atoms with van der Waals surface area (Å²) in [5, 5.41) is 14.4. The second-order valence-corrected chi connectivity index (χ2v) is 7.21. The van der Waals surface area contributed by atoms with E-state index in [1.54, 1.807) is 18.4 Å². The van der Waals surface area contributed by atoms with Crippen LogP contribution in [0.4, 0.5) is 0 Å². The lowest BCUT2D eigenvalue weighted by Gasteiger charge is -2.25. The lowest BCUT2D eigenvalue weighted by molar-refractivity contribution is 0.214. The summed E-state index contributed by atoms with van der Waals surface area (Å²) in [5.41, 5.74) is 1.22. The highest BCUT2D eigenvalue weighted by Gasteiger charge is 2.17. The number of methoxy groups -OCH3 is 1. The van der Waals surface area contributed by atoms with E-state index in [4.69, 9.17) is 9.84 Å². The summed E-state index contributed by atoms with van der Waals surface area (Å²) >= 11 is 1.61. The Kier molecular flexibility index (Phi) is 4.44. The molecule has 6 nitrogen and oxygen atoms in total. The Balaban J connectivity index is 1.50. The molecule has 0 atom stereocenters. The molecule has 2 aromatic heterocycles. The molecule has 1 fully saturated rings. The summed E-state index contributed by atoms with van der Waals surface area (Å²) in [6.45, 7) is 3.14. The van der Waals surface area contributed by atoms with Crippen LogP contribution in [0.2, 0.25) is 0 Å². The van der Waals surface area contributed by atoms with E-state index >= 15 is 0 Å². The largest absolute Gasteiger partial charge is 0.497 e. The van der Waals surface area contributed by atoms with Crippen LogP contribution in [-0.4, -0.2) is 44.9 Å². The number of aromatic nitrogens is 4. The molecule has 0 unspecified atom stereocenters. The maximum atomic E-state index is 5.20. The average Bonchev–Trinajstić information content (AvgIpc) is 3.18. The number of piperidine rings is 1. The summed E-state index contributed by atoms with van der Waals surface area (Å²) in [5.74, 6) is 1.82. The van der Waals surface area contributed by atoms with Crippen LogP contribution in [0.15, 0.2) is 24.3 Å². The summed E-state index contributed by atoms with van der Waals surface area (Å²) in [7, 11) is 1.68. The molecule has 0 bridgehead atoms. The van der Waals surface area contributed by atoms with Crippen molar-refractivity contribution in [3.8, 4) is 5.75 Å². The Labute approximate surface area is 145 Å². The van der Waals surface area contributed by atoms with E-state index in [1.165, 1.54) is 24.8 Å². The molecule has 0 saturated carbocycles. The van der Waals surface area contributed by atoms with Crippen LogP contribution < -0.4 is 4.74 Å². The van der Waals surface area contributed by atoms with Crippen molar-refractivity contribution in [2.75, 3.05) is 20.2 Å². The van der Waals surface area contributed by atoms with Gasteiger partial charge in [-0.05, 0) is 43.6 Å². The maximum Gasteiger partial charge on any atom is 0.234 e. The first-order valence-electron chi connectivity index (χ1n) is 8.37. The second-order valence-electron chi connectivity index (χ2n) is 6.17. The molecule has 0 spiro atoms. The molecule has 3 aromatic rings. The van der Waals surface area contributed by atoms with Gasteiger partial charge in [-0.25, -0.2) is 0 Å². The highest BCUT2D eigenvalue weighted by Crippen LogP contribution is 2.20. The molecule has 1 aromatic carbocycles. The maximum absolute atomic E-state index is 5.20. The van der Waals surface area contributed by atoms with E-state index in [-0.39, 0.29) is 0 Å². The van der Waals surface area contributed by atoms with Gasteiger partial charge in [0, 0.05) is 6.42 Å². The molecule has 1 aliphatic rings. The quantitative estimate of drug-likeness (QED) is 0.713. The molecule has 24 heavy (non-hydrogen) atoms. The van der Waals surface area contributed by atoms with Crippen LogP contribution in [-0.2, 0) is 13.0 Å². The molecule has 0 N–H and O–H groups in total. The van der Waals surface area contributed by atoms with Gasteiger partial charge < -0.3 is 4.74 Å². The minimum atomic E-state index is 0.807. The molecule has 126 valence electrons. The minimum absolute atomic E-state index is 0.807. The van der Waals surface area contributed by atoms with Crippen LogP contribution in [0.25, 0.3) is 4.96 Å². The van der Waals surface area contributed by atoms with Crippen molar-refractivity contribution >= 4 is 16.3 Å². The van der Waals surface area contributed by atoms with Crippen molar-refractivity contribution in [3.05, 3.63) is 40.7 Å². The zero-order chi connectivity index (χ0) is 16.4. The number of benzene rings is 1. The first-order valence-corrected chi connectivity index (χ1v) is 9.19. The number of ether oxygens (including phenoxy) is 1. The molecule has 1 saturated heterocycles. The van der Waals surface area contributed by atoms with Crippen molar-refractivity contribution in [1.29, 1.82) is 0 Å².